The highest BCUT2D eigenvalue weighted by Crippen LogP contribution is 2.33. The first kappa shape index (κ1) is 18.3. The molecule has 0 saturated heterocycles. The fourth-order valence-corrected chi connectivity index (χ4v) is 3.32. The minimum atomic E-state index is -3.46. The number of aromatic amines is 1. The molecule has 0 unspecified atom stereocenters. The average Bonchev–Trinajstić information content (AvgIpc) is 2.81. The van der Waals surface area contributed by atoms with Crippen molar-refractivity contribution in [3.63, 3.8) is 0 Å². The summed E-state index contributed by atoms with van der Waals surface area (Å²) >= 11 is 6.06. The van der Waals surface area contributed by atoms with Crippen LogP contribution in [-0.4, -0.2) is 36.5 Å². The molecule has 0 aliphatic carbocycles. The maximum Gasteiger partial charge on any atom is 0.277 e. The third-order valence-corrected chi connectivity index (χ3v) is 5.42. The Labute approximate surface area is 155 Å². The molecule has 3 rings (SSSR count). The summed E-state index contributed by atoms with van der Waals surface area (Å²) in [4.78, 5) is 16.5. The summed E-state index contributed by atoms with van der Waals surface area (Å²) in [6.07, 6.45) is 1.13. The lowest BCUT2D eigenvalue weighted by Crippen LogP contribution is -2.25. The number of hydrogen-bond acceptors (Lipinski definition) is 5. The zero-order valence-corrected chi connectivity index (χ0v) is 16.2. The second-order valence-corrected chi connectivity index (χ2v) is 8.47. The number of sulfonamides is 1. The van der Waals surface area contributed by atoms with E-state index in [9.17, 15) is 13.2 Å². The molecular weight excluding hydrogens is 378 g/mol. The molecule has 3 aromatic rings. The van der Waals surface area contributed by atoms with Gasteiger partial charge >= 0.3 is 0 Å². The molecule has 0 aliphatic rings. The van der Waals surface area contributed by atoms with E-state index in [1.165, 1.54) is 22.1 Å². The van der Waals surface area contributed by atoms with Crippen LogP contribution in [0.2, 0.25) is 5.15 Å². The van der Waals surface area contributed by atoms with Gasteiger partial charge in [0.1, 0.15) is 10.5 Å². The highest BCUT2D eigenvalue weighted by molar-refractivity contribution is 7.92. The van der Waals surface area contributed by atoms with Crippen molar-refractivity contribution in [1.29, 1.82) is 0 Å². The molecule has 0 amide bonds. The molecule has 0 saturated carbocycles. The largest absolute Gasteiger partial charge is 0.353 e. The minimum Gasteiger partial charge on any atom is -0.353 e. The number of hydrogen-bond donors (Lipinski definition) is 2. The SMILES string of the molecule is Cc1ccc(Nc2cc(Cl)nc3[nH]n(C)c(=O)c23)c(N(C)S(C)(=O)=O)c1. The third-order valence-electron chi connectivity index (χ3n) is 4.04. The summed E-state index contributed by atoms with van der Waals surface area (Å²) in [5.74, 6) is 0. The fraction of sp³-hybridized carbons (Fsp3) is 0.250. The van der Waals surface area contributed by atoms with Gasteiger partial charge in [-0.25, -0.2) is 13.4 Å². The van der Waals surface area contributed by atoms with Crippen LogP contribution < -0.4 is 15.2 Å². The topological polar surface area (TPSA) is 100 Å². The molecule has 8 nitrogen and oxygen atoms in total. The second-order valence-electron chi connectivity index (χ2n) is 6.07. The van der Waals surface area contributed by atoms with E-state index in [0.29, 0.717) is 28.1 Å². The summed E-state index contributed by atoms with van der Waals surface area (Å²) in [5.41, 5.74) is 2.40. The lowest BCUT2D eigenvalue weighted by atomic mass is 10.1. The number of aromatic nitrogens is 3. The van der Waals surface area contributed by atoms with Crippen LogP contribution in [0.3, 0.4) is 0 Å². The van der Waals surface area contributed by atoms with Crippen molar-refractivity contribution in [2.24, 2.45) is 7.05 Å². The summed E-state index contributed by atoms with van der Waals surface area (Å²) in [6.45, 7) is 1.87. The Hall–Kier alpha value is -2.52. The summed E-state index contributed by atoms with van der Waals surface area (Å²) < 4.78 is 26.4. The van der Waals surface area contributed by atoms with Crippen molar-refractivity contribution in [3.05, 3.63) is 45.3 Å². The van der Waals surface area contributed by atoms with Crippen LogP contribution in [-0.2, 0) is 17.1 Å². The highest BCUT2D eigenvalue weighted by atomic mass is 35.5. The van der Waals surface area contributed by atoms with Crippen LogP contribution in [0, 0.1) is 6.92 Å². The summed E-state index contributed by atoms with van der Waals surface area (Å²) in [7, 11) is -0.407. The molecule has 0 fully saturated rings. The normalized spacial score (nSPS) is 11.7. The number of rotatable bonds is 4. The zero-order valence-electron chi connectivity index (χ0n) is 14.7. The van der Waals surface area contributed by atoms with Crippen molar-refractivity contribution >= 4 is 49.7 Å². The molecule has 1 aromatic carbocycles. The lowest BCUT2D eigenvalue weighted by Gasteiger charge is -2.21. The van der Waals surface area contributed by atoms with Gasteiger partial charge in [0.15, 0.2) is 5.65 Å². The van der Waals surface area contributed by atoms with E-state index in [1.54, 1.807) is 19.2 Å². The standard InChI is InChI=1S/C16H18ClN5O3S/c1-9-5-6-10(12(7-9)22(3)26(4,24)25)18-11-8-13(17)19-15-14(11)16(23)21(2)20-15/h5-8H,1-4H3,(H2,18,19,20). The first-order valence-electron chi connectivity index (χ1n) is 7.65. The predicted molar refractivity (Wildman–Crippen MR) is 104 cm³/mol. The number of aryl methyl sites for hydroxylation is 2. The number of pyridine rings is 1. The number of H-pyrrole nitrogens is 1. The minimum absolute atomic E-state index is 0.201. The number of benzene rings is 1. The van der Waals surface area contributed by atoms with E-state index in [4.69, 9.17) is 11.6 Å². The van der Waals surface area contributed by atoms with Crippen LogP contribution >= 0.6 is 11.6 Å². The van der Waals surface area contributed by atoms with Crippen LogP contribution in [0.1, 0.15) is 5.56 Å². The molecule has 2 heterocycles. The van der Waals surface area contributed by atoms with Gasteiger partial charge < -0.3 is 5.32 Å². The Morgan fingerprint density at radius 1 is 1.27 bits per heavy atom. The van der Waals surface area contributed by atoms with Gasteiger partial charge in [0.05, 0.1) is 23.3 Å². The van der Waals surface area contributed by atoms with Crippen molar-refractivity contribution in [2.45, 2.75) is 6.92 Å². The Morgan fingerprint density at radius 3 is 2.62 bits per heavy atom. The molecule has 26 heavy (non-hydrogen) atoms. The van der Waals surface area contributed by atoms with Gasteiger partial charge in [0, 0.05) is 14.1 Å². The molecule has 0 radical (unpaired) electrons. The van der Waals surface area contributed by atoms with Crippen molar-refractivity contribution < 1.29 is 8.42 Å². The number of nitrogens with zero attached hydrogens (tertiary/aromatic N) is 3. The van der Waals surface area contributed by atoms with Crippen molar-refractivity contribution in [2.75, 3.05) is 22.9 Å². The van der Waals surface area contributed by atoms with Gasteiger partial charge in [-0.05, 0) is 30.7 Å². The molecular formula is C16H18ClN5O3S. The lowest BCUT2D eigenvalue weighted by molar-refractivity contribution is 0.600. The Kier molecular flexibility index (Phi) is 4.45. The molecule has 0 spiro atoms. The average molecular weight is 396 g/mol. The number of fused-ring (bicyclic) bond motifs is 1. The maximum atomic E-state index is 12.4. The van der Waals surface area contributed by atoms with E-state index < -0.39 is 10.0 Å². The van der Waals surface area contributed by atoms with E-state index in [-0.39, 0.29) is 10.7 Å². The van der Waals surface area contributed by atoms with Gasteiger partial charge in [-0.1, -0.05) is 17.7 Å². The zero-order chi connectivity index (χ0) is 19.2. The number of anilines is 3. The van der Waals surface area contributed by atoms with E-state index in [2.05, 4.69) is 15.4 Å². The Morgan fingerprint density at radius 2 is 1.96 bits per heavy atom. The summed E-state index contributed by atoms with van der Waals surface area (Å²) in [5, 5.41) is 6.49. The first-order chi connectivity index (χ1) is 12.1. The Balaban J connectivity index is 2.19. The van der Waals surface area contributed by atoms with E-state index >= 15 is 0 Å². The third kappa shape index (κ3) is 3.27. The highest BCUT2D eigenvalue weighted by Gasteiger charge is 2.18. The van der Waals surface area contributed by atoms with E-state index in [1.807, 2.05) is 13.0 Å². The van der Waals surface area contributed by atoms with Gasteiger partial charge in [-0.3, -0.25) is 18.9 Å². The van der Waals surface area contributed by atoms with Crippen molar-refractivity contribution in [3.8, 4) is 0 Å². The quantitative estimate of drug-likeness (QED) is 0.660. The maximum absolute atomic E-state index is 12.4. The van der Waals surface area contributed by atoms with Crippen LogP contribution in [0.5, 0.6) is 0 Å². The number of nitrogens with one attached hydrogen (secondary N) is 2. The fourth-order valence-electron chi connectivity index (χ4n) is 2.62. The van der Waals surface area contributed by atoms with Gasteiger partial charge in [0.2, 0.25) is 10.0 Å². The first-order valence-corrected chi connectivity index (χ1v) is 9.87. The van der Waals surface area contributed by atoms with Crippen molar-refractivity contribution in [1.82, 2.24) is 14.8 Å². The van der Waals surface area contributed by atoms with Crippen LogP contribution in [0.25, 0.3) is 11.0 Å². The molecule has 0 atom stereocenters. The molecule has 0 aliphatic heterocycles. The molecule has 0 bridgehead atoms. The summed E-state index contributed by atoms with van der Waals surface area (Å²) in [6, 6.07) is 6.88. The second kappa shape index (κ2) is 6.33. The smallest absolute Gasteiger partial charge is 0.277 e. The van der Waals surface area contributed by atoms with Gasteiger partial charge in [-0.2, -0.15) is 0 Å². The van der Waals surface area contributed by atoms with Crippen LogP contribution in [0.15, 0.2) is 29.1 Å². The predicted octanol–water partition coefficient (Wildman–Crippen LogP) is 2.36. The molecule has 138 valence electrons. The molecule has 2 N–H and O–H groups in total. The number of halogens is 1. The van der Waals surface area contributed by atoms with Crippen LogP contribution in [0.4, 0.5) is 17.1 Å². The Bertz CT molecular complexity index is 1170. The van der Waals surface area contributed by atoms with E-state index in [0.717, 1.165) is 11.8 Å². The van der Waals surface area contributed by atoms with Gasteiger partial charge in [-0.15, -0.1) is 0 Å². The monoisotopic (exact) mass is 395 g/mol. The van der Waals surface area contributed by atoms with Gasteiger partial charge in [0.25, 0.3) is 5.56 Å². The molecule has 10 heteroatoms. The molecule has 2 aromatic heterocycles.